The van der Waals surface area contributed by atoms with Gasteiger partial charge in [0.15, 0.2) is 0 Å². The molecule has 0 radical (unpaired) electrons. The highest BCUT2D eigenvalue weighted by atomic mass is 32.2. The molecule has 0 bridgehead atoms. The number of nitrogens with one attached hydrogen (secondary N) is 1. The minimum Gasteiger partial charge on any atom is -0.381 e. The normalized spacial score (nSPS) is 27.1. The van der Waals surface area contributed by atoms with Crippen molar-refractivity contribution < 1.29 is 4.74 Å². The summed E-state index contributed by atoms with van der Waals surface area (Å²) in [6.07, 6.45) is 2.50. The highest BCUT2D eigenvalue weighted by Gasteiger charge is 2.20. The number of thioether (sulfide) groups is 1. The fourth-order valence-electron chi connectivity index (χ4n) is 2.82. The molecule has 2 heterocycles. The van der Waals surface area contributed by atoms with Crippen molar-refractivity contribution >= 4 is 11.8 Å². The van der Waals surface area contributed by atoms with Gasteiger partial charge in [0.25, 0.3) is 0 Å². The quantitative estimate of drug-likeness (QED) is 0.902. The van der Waals surface area contributed by atoms with E-state index in [0.29, 0.717) is 6.04 Å². The van der Waals surface area contributed by atoms with Crippen molar-refractivity contribution in [3.05, 3.63) is 35.4 Å². The number of hydrogen-bond donors (Lipinski definition) is 1. The third-order valence-corrected chi connectivity index (χ3v) is 5.02. The minimum atomic E-state index is 0.544. The number of rotatable bonds is 4. The lowest BCUT2D eigenvalue weighted by Gasteiger charge is -2.26. The van der Waals surface area contributed by atoms with Crippen molar-refractivity contribution in [2.75, 3.05) is 25.5 Å². The molecule has 3 heteroatoms. The van der Waals surface area contributed by atoms with Gasteiger partial charge in [-0.15, -0.1) is 0 Å². The average molecular weight is 263 g/mol. The molecule has 0 aromatic heterocycles. The van der Waals surface area contributed by atoms with Crippen molar-refractivity contribution in [2.45, 2.75) is 24.6 Å². The maximum absolute atomic E-state index is 5.42. The smallest absolute Gasteiger partial charge is 0.0495 e. The molecule has 1 aromatic carbocycles. The molecule has 2 aliphatic rings. The number of ether oxygens (including phenoxy) is 1. The van der Waals surface area contributed by atoms with E-state index in [1.54, 1.807) is 0 Å². The summed E-state index contributed by atoms with van der Waals surface area (Å²) in [7, 11) is 0. The van der Waals surface area contributed by atoms with Crippen LogP contribution in [0.3, 0.4) is 0 Å². The maximum atomic E-state index is 5.42. The topological polar surface area (TPSA) is 21.3 Å². The van der Waals surface area contributed by atoms with Crippen LogP contribution in [0.5, 0.6) is 0 Å². The molecular formula is C15H21NOS. The van der Waals surface area contributed by atoms with Crippen molar-refractivity contribution in [1.82, 2.24) is 5.32 Å². The Balaban J connectivity index is 1.54. The summed E-state index contributed by atoms with van der Waals surface area (Å²) in [5.41, 5.74) is 3.02. The Bertz CT molecular complexity index is 390. The zero-order valence-corrected chi connectivity index (χ0v) is 11.5. The first-order valence-electron chi connectivity index (χ1n) is 6.90. The summed E-state index contributed by atoms with van der Waals surface area (Å²) in [4.78, 5) is 0. The highest BCUT2D eigenvalue weighted by molar-refractivity contribution is 7.98. The van der Waals surface area contributed by atoms with Gasteiger partial charge in [0.05, 0.1) is 0 Å². The average Bonchev–Trinajstić information content (AvgIpc) is 2.92. The molecule has 3 rings (SSSR count). The Morgan fingerprint density at radius 2 is 2.28 bits per heavy atom. The van der Waals surface area contributed by atoms with Crippen molar-refractivity contribution in [3.63, 3.8) is 0 Å². The summed E-state index contributed by atoms with van der Waals surface area (Å²) in [5.74, 6) is 3.16. The molecule has 2 aliphatic heterocycles. The van der Waals surface area contributed by atoms with Crippen molar-refractivity contribution in [2.24, 2.45) is 5.92 Å². The molecule has 0 aliphatic carbocycles. The van der Waals surface area contributed by atoms with E-state index in [1.807, 2.05) is 11.8 Å². The van der Waals surface area contributed by atoms with Crippen LogP contribution in [0.1, 0.15) is 30.0 Å². The first kappa shape index (κ1) is 12.5. The zero-order chi connectivity index (χ0) is 12.2. The maximum Gasteiger partial charge on any atom is 0.0495 e. The van der Waals surface area contributed by atoms with Crippen LogP contribution in [0.2, 0.25) is 0 Å². The third kappa shape index (κ3) is 2.90. The van der Waals surface area contributed by atoms with Crippen LogP contribution in [-0.2, 0) is 10.5 Å². The Hall–Kier alpha value is -0.510. The monoisotopic (exact) mass is 263 g/mol. The molecule has 18 heavy (non-hydrogen) atoms. The molecule has 1 N–H and O–H groups in total. The number of fused-ring (bicyclic) bond motifs is 1. The lowest BCUT2D eigenvalue weighted by atomic mass is 10.0. The van der Waals surface area contributed by atoms with E-state index in [4.69, 9.17) is 4.74 Å². The first-order chi connectivity index (χ1) is 8.93. The van der Waals surface area contributed by atoms with E-state index in [2.05, 4.69) is 29.6 Å². The summed E-state index contributed by atoms with van der Waals surface area (Å²) in [5, 5.41) is 3.73. The molecular weight excluding hydrogens is 242 g/mol. The van der Waals surface area contributed by atoms with Gasteiger partial charge in [-0.3, -0.25) is 0 Å². The molecule has 2 nitrogen and oxygen atoms in total. The van der Waals surface area contributed by atoms with Gasteiger partial charge < -0.3 is 10.1 Å². The highest BCUT2D eigenvalue weighted by Crippen LogP contribution is 2.31. The van der Waals surface area contributed by atoms with Crippen LogP contribution in [0.4, 0.5) is 0 Å². The molecule has 0 spiro atoms. The van der Waals surface area contributed by atoms with E-state index in [1.165, 1.54) is 35.5 Å². The van der Waals surface area contributed by atoms with Gasteiger partial charge in [-0.2, -0.15) is 11.8 Å². The zero-order valence-electron chi connectivity index (χ0n) is 10.7. The van der Waals surface area contributed by atoms with Gasteiger partial charge in [0.1, 0.15) is 0 Å². The lowest BCUT2D eigenvalue weighted by molar-refractivity contribution is 0.184. The largest absolute Gasteiger partial charge is 0.381 e. The van der Waals surface area contributed by atoms with Crippen LogP contribution < -0.4 is 5.32 Å². The van der Waals surface area contributed by atoms with Gasteiger partial charge in [-0.25, -0.2) is 0 Å². The van der Waals surface area contributed by atoms with Crippen molar-refractivity contribution in [1.29, 1.82) is 0 Å². The predicted octanol–water partition coefficient (Wildman–Crippen LogP) is 2.99. The van der Waals surface area contributed by atoms with Crippen LogP contribution in [-0.4, -0.2) is 25.5 Å². The van der Waals surface area contributed by atoms with Crippen molar-refractivity contribution in [3.8, 4) is 0 Å². The van der Waals surface area contributed by atoms with Gasteiger partial charge >= 0.3 is 0 Å². The molecule has 1 aromatic rings. The Labute approximate surface area is 113 Å². The summed E-state index contributed by atoms with van der Waals surface area (Å²) < 4.78 is 5.42. The van der Waals surface area contributed by atoms with Gasteiger partial charge in [-0.1, -0.05) is 24.3 Å². The summed E-state index contributed by atoms with van der Waals surface area (Å²) in [6.45, 7) is 3.05. The Morgan fingerprint density at radius 1 is 1.33 bits per heavy atom. The fraction of sp³-hybridized carbons (Fsp3) is 0.600. The van der Waals surface area contributed by atoms with Gasteiger partial charge in [0, 0.05) is 30.8 Å². The molecule has 98 valence electrons. The summed E-state index contributed by atoms with van der Waals surface area (Å²) >= 11 is 2.04. The molecule has 0 amide bonds. The fourth-order valence-corrected chi connectivity index (χ4v) is 3.96. The lowest BCUT2D eigenvalue weighted by Crippen LogP contribution is -2.28. The Kier molecular flexibility index (Phi) is 4.24. The second-order valence-corrected chi connectivity index (χ2v) is 6.27. The van der Waals surface area contributed by atoms with E-state index < -0.39 is 0 Å². The van der Waals surface area contributed by atoms with Crippen LogP contribution >= 0.6 is 11.8 Å². The van der Waals surface area contributed by atoms with Gasteiger partial charge in [-0.05, 0) is 36.4 Å². The SMILES string of the molecule is c1ccc2c(c1)CSCC2NCCC1CCOC1. The standard InChI is InChI=1S/C15H21NOS/c1-2-4-14-13(3-1)10-18-11-15(14)16-7-5-12-6-8-17-9-12/h1-4,12,15-16H,5-11H2. The van der Waals surface area contributed by atoms with Crippen LogP contribution in [0, 0.1) is 5.92 Å². The second kappa shape index (κ2) is 6.09. The Morgan fingerprint density at radius 3 is 3.17 bits per heavy atom. The molecule has 1 saturated heterocycles. The van der Waals surface area contributed by atoms with E-state index >= 15 is 0 Å². The van der Waals surface area contributed by atoms with Gasteiger partial charge in [0.2, 0.25) is 0 Å². The number of hydrogen-bond acceptors (Lipinski definition) is 3. The van der Waals surface area contributed by atoms with E-state index in [0.717, 1.165) is 25.7 Å². The second-order valence-electron chi connectivity index (χ2n) is 5.24. The molecule has 0 saturated carbocycles. The minimum absolute atomic E-state index is 0.544. The van der Waals surface area contributed by atoms with E-state index in [9.17, 15) is 0 Å². The molecule has 1 fully saturated rings. The van der Waals surface area contributed by atoms with Crippen LogP contribution in [0.25, 0.3) is 0 Å². The predicted molar refractivity (Wildman–Crippen MR) is 76.9 cm³/mol. The summed E-state index contributed by atoms with van der Waals surface area (Å²) in [6, 6.07) is 9.40. The number of benzene rings is 1. The van der Waals surface area contributed by atoms with E-state index in [-0.39, 0.29) is 0 Å². The first-order valence-corrected chi connectivity index (χ1v) is 8.05. The molecule has 2 atom stereocenters. The third-order valence-electron chi connectivity index (χ3n) is 3.94. The molecule has 2 unspecified atom stereocenters. The van der Waals surface area contributed by atoms with Crippen LogP contribution in [0.15, 0.2) is 24.3 Å².